The molecule has 2 saturated heterocycles. The quantitative estimate of drug-likeness (QED) is 0.356. The van der Waals surface area contributed by atoms with Gasteiger partial charge in [-0.2, -0.15) is 13.2 Å². The largest absolute Gasteiger partial charge is 0.416 e. The predicted molar refractivity (Wildman–Crippen MR) is 159 cm³/mol. The summed E-state index contributed by atoms with van der Waals surface area (Å²) < 4.78 is 67.7. The summed E-state index contributed by atoms with van der Waals surface area (Å²) in [4.78, 5) is 27.5. The number of likely N-dealkylation sites (tertiary alicyclic amines) is 1. The van der Waals surface area contributed by atoms with E-state index in [1.54, 1.807) is 0 Å². The Morgan fingerprint density at radius 1 is 1.12 bits per heavy atom. The number of rotatable bonds is 9. The number of piperidine rings is 2. The fourth-order valence-electron chi connectivity index (χ4n) is 5.54. The second-order valence-corrected chi connectivity index (χ2v) is 14.0. The van der Waals surface area contributed by atoms with E-state index in [0.717, 1.165) is 31.9 Å². The van der Waals surface area contributed by atoms with Gasteiger partial charge in [0.1, 0.15) is 0 Å². The third-order valence-electron chi connectivity index (χ3n) is 7.84. The second kappa shape index (κ2) is 14.2. The van der Waals surface area contributed by atoms with Crippen molar-refractivity contribution in [3.05, 3.63) is 62.6 Å². The molecule has 2 heterocycles. The second-order valence-electron chi connectivity index (χ2n) is 10.9. The van der Waals surface area contributed by atoms with Gasteiger partial charge in [0.25, 0.3) is 5.91 Å². The number of amides is 2. The van der Waals surface area contributed by atoms with Crippen molar-refractivity contribution in [1.82, 2.24) is 20.9 Å². The number of benzene rings is 2. The molecule has 2 aromatic rings. The van der Waals surface area contributed by atoms with Crippen LogP contribution in [0.1, 0.15) is 59.7 Å². The monoisotopic (exact) mass is 662 g/mol. The van der Waals surface area contributed by atoms with Crippen LogP contribution in [-0.2, 0) is 33.9 Å². The first-order valence-corrected chi connectivity index (χ1v) is 16.6. The lowest BCUT2D eigenvalue weighted by Crippen LogP contribution is -2.50. The molecule has 0 radical (unpaired) electrons. The summed E-state index contributed by atoms with van der Waals surface area (Å²) in [6.07, 6.45) is -1.63. The van der Waals surface area contributed by atoms with Crippen LogP contribution in [0, 0.1) is 5.92 Å². The molecule has 43 heavy (non-hydrogen) atoms. The number of carbonyl (C=O) groups is 2. The lowest BCUT2D eigenvalue weighted by Gasteiger charge is -2.35. The first-order valence-electron chi connectivity index (χ1n) is 14.2. The third kappa shape index (κ3) is 8.63. The summed E-state index contributed by atoms with van der Waals surface area (Å²) in [7, 11) is -3.64. The zero-order valence-corrected chi connectivity index (χ0v) is 26.0. The summed E-state index contributed by atoms with van der Waals surface area (Å²) in [5, 5.41) is 8.80. The molecule has 4 rings (SSSR count). The summed E-state index contributed by atoms with van der Waals surface area (Å²) in [6, 6.07) is 5.90. The predicted octanol–water partition coefficient (Wildman–Crippen LogP) is 4.82. The molecule has 2 amide bonds. The highest BCUT2D eigenvalue weighted by Gasteiger charge is 2.36. The maximum atomic E-state index is 14.2. The average Bonchev–Trinajstić information content (AvgIpc) is 2.96. The van der Waals surface area contributed by atoms with E-state index in [2.05, 4.69) is 16.0 Å². The zero-order valence-electron chi connectivity index (χ0n) is 23.7. The normalized spacial score (nSPS) is 20.0. The van der Waals surface area contributed by atoms with E-state index >= 15 is 0 Å². The van der Waals surface area contributed by atoms with E-state index in [1.165, 1.54) is 31.2 Å². The standard InChI is InChI=1S/C29H35Cl2F3N4O4S/c1-2-43(41,42)26-8-7-21(30)11-20(26)15-36-27(39)19-12-24(29(32,33)34)23(25(31)13-19)17-38-10-4-6-22(16-38)37-28(40)18-5-3-9-35-14-18/h7-8,11-13,18,22,35H,2-6,9-10,14-17H2,1H3,(H,36,39)(H,37,40)/t18?,22-/m0/s1. The average molecular weight is 664 g/mol. The first-order chi connectivity index (χ1) is 20.3. The van der Waals surface area contributed by atoms with Crippen LogP contribution < -0.4 is 16.0 Å². The maximum Gasteiger partial charge on any atom is 0.416 e. The lowest BCUT2D eigenvalue weighted by molar-refractivity contribution is -0.138. The Hall–Kier alpha value is -2.38. The van der Waals surface area contributed by atoms with Crippen molar-refractivity contribution in [2.45, 2.75) is 62.8 Å². The highest BCUT2D eigenvalue weighted by molar-refractivity contribution is 7.91. The van der Waals surface area contributed by atoms with Crippen molar-refractivity contribution in [3.8, 4) is 0 Å². The Bertz CT molecular complexity index is 1450. The number of nitrogens with one attached hydrogen (secondary N) is 3. The molecule has 2 aliphatic rings. The van der Waals surface area contributed by atoms with Crippen LogP contribution >= 0.6 is 23.2 Å². The van der Waals surface area contributed by atoms with Crippen LogP contribution in [-0.4, -0.2) is 63.1 Å². The van der Waals surface area contributed by atoms with Crippen LogP contribution in [0.25, 0.3) is 0 Å². The number of sulfone groups is 1. The maximum absolute atomic E-state index is 14.2. The van der Waals surface area contributed by atoms with Crippen LogP contribution in [0.5, 0.6) is 0 Å². The molecule has 0 spiro atoms. The Morgan fingerprint density at radius 3 is 2.56 bits per heavy atom. The minimum absolute atomic E-state index is 0.0181. The van der Waals surface area contributed by atoms with Gasteiger partial charge in [-0.05, 0) is 80.2 Å². The number of alkyl halides is 3. The molecule has 3 N–H and O–H groups in total. The van der Waals surface area contributed by atoms with Crippen molar-refractivity contribution in [2.75, 3.05) is 31.9 Å². The minimum atomic E-state index is -4.79. The molecule has 2 fully saturated rings. The number of halogens is 5. The van der Waals surface area contributed by atoms with Gasteiger partial charge < -0.3 is 16.0 Å². The molecule has 14 heteroatoms. The highest BCUT2D eigenvalue weighted by Crippen LogP contribution is 2.37. The Kier molecular flexibility index (Phi) is 11.0. The molecule has 0 aliphatic carbocycles. The van der Waals surface area contributed by atoms with Gasteiger partial charge in [0.15, 0.2) is 9.84 Å². The van der Waals surface area contributed by atoms with Gasteiger partial charge in [-0.3, -0.25) is 14.5 Å². The number of hydrogen-bond acceptors (Lipinski definition) is 6. The fraction of sp³-hybridized carbons (Fsp3) is 0.517. The highest BCUT2D eigenvalue weighted by atomic mass is 35.5. The topological polar surface area (TPSA) is 108 Å². The van der Waals surface area contributed by atoms with E-state index in [4.69, 9.17) is 23.2 Å². The zero-order chi connectivity index (χ0) is 31.4. The summed E-state index contributed by atoms with van der Waals surface area (Å²) in [6.45, 7) is 3.52. The molecule has 1 unspecified atom stereocenters. The van der Waals surface area contributed by atoms with Gasteiger partial charge in [-0.15, -0.1) is 0 Å². The van der Waals surface area contributed by atoms with Gasteiger partial charge >= 0.3 is 6.18 Å². The minimum Gasteiger partial charge on any atom is -0.352 e. The molecule has 0 saturated carbocycles. The fourth-order valence-corrected chi connectivity index (χ4v) is 7.13. The smallest absolute Gasteiger partial charge is 0.352 e. The van der Waals surface area contributed by atoms with Gasteiger partial charge in [0.05, 0.1) is 22.1 Å². The van der Waals surface area contributed by atoms with Gasteiger partial charge in [-0.1, -0.05) is 30.1 Å². The van der Waals surface area contributed by atoms with Crippen LogP contribution in [0.4, 0.5) is 13.2 Å². The number of nitrogens with zero attached hydrogens (tertiary/aromatic N) is 1. The molecule has 0 bridgehead atoms. The van der Waals surface area contributed by atoms with Gasteiger partial charge in [0, 0.05) is 47.8 Å². The molecule has 2 aliphatic heterocycles. The van der Waals surface area contributed by atoms with Crippen LogP contribution in [0.15, 0.2) is 35.2 Å². The molecule has 236 valence electrons. The van der Waals surface area contributed by atoms with Crippen LogP contribution in [0.2, 0.25) is 10.0 Å². The summed E-state index contributed by atoms with van der Waals surface area (Å²) >= 11 is 12.4. The molecule has 2 atom stereocenters. The SMILES string of the molecule is CCS(=O)(=O)c1ccc(Cl)cc1CNC(=O)c1cc(Cl)c(CN2CCC[C@H](NC(=O)C3CCCNC3)C2)c(C(F)(F)F)c1. The van der Waals surface area contributed by atoms with E-state index in [-0.39, 0.29) is 68.3 Å². The van der Waals surface area contributed by atoms with E-state index in [0.29, 0.717) is 26.1 Å². The molecular weight excluding hydrogens is 628 g/mol. The summed E-state index contributed by atoms with van der Waals surface area (Å²) in [5.41, 5.74) is -1.28. The number of hydrogen-bond donors (Lipinski definition) is 3. The summed E-state index contributed by atoms with van der Waals surface area (Å²) in [5.74, 6) is -1.18. The van der Waals surface area contributed by atoms with E-state index < -0.39 is 27.5 Å². The lowest BCUT2D eigenvalue weighted by atomic mass is 9.97. The Labute approximate surface area is 259 Å². The van der Waals surface area contributed by atoms with Crippen molar-refractivity contribution in [3.63, 3.8) is 0 Å². The first kappa shape index (κ1) is 33.5. The molecular formula is C29H35Cl2F3N4O4S. The van der Waals surface area contributed by atoms with Gasteiger partial charge in [0.2, 0.25) is 5.91 Å². The van der Waals surface area contributed by atoms with Crippen molar-refractivity contribution >= 4 is 44.9 Å². The van der Waals surface area contributed by atoms with E-state index in [1.807, 2.05) is 4.90 Å². The third-order valence-corrected chi connectivity index (χ3v) is 10.2. The number of carbonyl (C=O) groups excluding carboxylic acids is 2. The Morgan fingerprint density at radius 2 is 1.88 bits per heavy atom. The molecule has 0 aromatic heterocycles. The van der Waals surface area contributed by atoms with Gasteiger partial charge in [-0.25, -0.2) is 8.42 Å². The van der Waals surface area contributed by atoms with Crippen molar-refractivity contribution in [2.24, 2.45) is 5.92 Å². The molecule has 2 aromatic carbocycles. The molecule has 8 nitrogen and oxygen atoms in total. The van der Waals surface area contributed by atoms with E-state index in [9.17, 15) is 31.2 Å². The van der Waals surface area contributed by atoms with Crippen molar-refractivity contribution in [1.29, 1.82) is 0 Å². The van der Waals surface area contributed by atoms with Crippen LogP contribution in [0.3, 0.4) is 0 Å². The van der Waals surface area contributed by atoms with Crippen molar-refractivity contribution < 1.29 is 31.2 Å². The Balaban J connectivity index is 1.49.